The van der Waals surface area contributed by atoms with E-state index in [1.54, 1.807) is 13.2 Å². The molecule has 0 amide bonds. The van der Waals surface area contributed by atoms with Gasteiger partial charge >= 0.3 is 5.97 Å². The maximum absolute atomic E-state index is 12.4. The third-order valence-electron chi connectivity index (χ3n) is 3.19. The fourth-order valence-electron chi connectivity index (χ4n) is 2.10. The highest BCUT2D eigenvalue weighted by molar-refractivity contribution is 7.89. The van der Waals surface area contributed by atoms with Crippen molar-refractivity contribution >= 4 is 27.6 Å². The van der Waals surface area contributed by atoms with Gasteiger partial charge < -0.3 is 9.84 Å². The number of carbonyl (C=O) groups is 1. The van der Waals surface area contributed by atoms with Gasteiger partial charge in [-0.05, 0) is 18.2 Å². The van der Waals surface area contributed by atoms with E-state index in [2.05, 4.69) is 9.82 Å². The molecule has 0 spiro atoms. The zero-order valence-electron chi connectivity index (χ0n) is 13.0. The topological polar surface area (TPSA) is 111 Å². The van der Waals surface area contributed by atoms with E-state index >= 15 is 0 Å². The summed E-state index contributed by atoms with van der Waals surface area (Å²) in [5, 5.41) is 13.3. The van der Waals surface area contributed by atoms with Crippen LogP contribution in [-0.4, -0.2) is 36.4 Å². The number of rotatable bonds is 7. The van der Waals surface area contributed by atoms with Crippen LogP contribution < -0.4 is 9.46 Å². The molecule has 1 aromatic carbocycles. The van der Waals surface area contributed by atoms with E-state index in [4.69, 9.17) is 21.4 Å². The van der Waals surface area contributed by atoms with E-state index in [1.165, 1.54) is 30.0 Å². The van der Waals surface area contributed by atoms with Crippen LogP contribution >= 0.6 is 11.6 Å². The number of halogens is 1. The molecule has 2 aromatic rings. The molecule has 1 heterocycles. The fraction of sp³-hybridized carbons (Fsp3) is 0.286. The maximum atomic E-state index is 12.4. The lowest BCUT2D eigenvalue weighted by Gasteiger charge is -2.10. The Hall–Kier alpha value is -2.10. The Kier molecular flexibility index (Phi) is 5.47. The first kappa shape index (κ1) is 18.2. The van der Waals surface area contributed by atoms with Crippen molar-refractivity contribution in [1.29, 1.82) is 0 Å². The highest BCUT2D eigenvalue weighted by atomic mass is 35.5. The summed E-state index contributed by atoms with van der Waals surface area (Å²) >= 11 is 5.94. The normalized spacial score (nSPS) is 11.5. The lowest BCUT2D eigenvalue weighted by atomic mass is 10.1. The predicted octanol–water partition coefficient (Wildman–Crippen LogP) is 1.19. The number of aromatic nitrogens is 2. The van der Waals surface area contributed by atoms with Crippen molar-refractivity contribution in [2.24, 2.45) is 7.05 Å². The largest absolute Gasteiger partial charge is 0.496 e. The summed E-state index contributed by atoms with van der Waals surface area (Å²) in [6.07, 6.45) is 1.21. The summed E-state index contributed by atoms with van der Waals surface area (Å²) in [6.45, 7) is -0.0811. The Bertz CT molecular complexity index is 863. The minimum Gasteiger partial charge on any atom is -0.496 e. The number of nitrogens with one attached hydrogen (secondary N) is 1. The molecule has 10 heteroatoms. The molecule has 0 saturated carbocycles. The first-order chi connectivity index (χ1) is 11.2. The van der Waals surface area contributed by atoms with Gasteiger partial charge in [-0.25, -0.2) is 13.1 Å². The molecule has 1 aromatic heterocycles. The van der Waals surface area contributed by atoms with E-state index in [1.807, 2.05) is 0 Å². The lowest BCUT2D eigenvalue weighted by Crippen LogP contribution is -2.24. The second kappa shape index (κ2) is 7.20. The molecule has 0 unspecified atom stereocenters. The van der Waals surface area contributed by atoms with Crippen molar-refractivity contribution in [2.75, 3.05) is 7.11 Å². The second-order valence-electron chi connectivity index (χ2n) is 4.97. The van der Waals surface area contributed by atoms with Crippen LogP contribution in [0.15, 0.2) is 29.3 Å². The Labute approximate surface area is 144 Å². The number of carboxylic acids is 1. The Morgan fingerprint density at radius 2 is 2.17 bits per heavy atom. The smallest absolute Gasteiger partial charge is 0.307 e. The van der Waals surface area contributed by atoms with Gasteiger partial charge in [-0.1, -0.05) is 11.6 Å². The van der Waals surface area contributed by atoms with Gasteiger partial charge in [0.15, 0.2) is 0 Å². The zero-order chi connectivity index (χ0) is 17.9. The average molecular weight is 374 g/mol. The standard InChI is InChI=1S/C14H16ClN3O5S/c1-18-8-11(15)12(17-18)7-16-24(21,22)10-3-4-13(23-2)9(5-10)6-14(19)20/h3-5,8,16H,6-7H2,1-2H3,(H,19,20). The van der Waals surface area contributed by atoms with E-state index in [-0.39, 0.29) is 23.4 Å². The number of sulfonamides is 1. The second-order valence-corrected chi connectivity index (χ2v) is 7.14. The Balaban J connectivity index is 2.25. The van der Waals surface area contributed by atoms with Crippen molar-refractivity contribution in [1.82, 2.24) is 14.5 Å². The molecule has 0 bridgehead atoms. The predicted molar refractivity (Wildman–Crippen MR) is 86.6 cm³/mol. The first-order valence-electron chi connectivity index (χ1n) is 6.79. The molecule has 0 atom stereocenters. The SMILES string of the molecule is COc1ccc(S(=O)(=O)NCc2nn(C)cc2Cl)cc1CC(=O)O. The molecule has 2 N–H and O–H groups in total. The lowest BCUT2D eigenvalue weighted by molar-refractivity contribution is -0.136. The van der Waals surface area contributed by atoms with Crippen molar-refractivity contribution in [2.45, 2.75) is 17.9 Å². The minimum absolute atomic E-state index is 0.0633. The molecule has 130 valence electrons. The molecule has 0 radical (unpaired) electrons. The van der Waals surface area contributed by atoms with Crippen LogP contribution in [0.1, 0.15) is 11.3 Å². The van der Waals surface area contributed by atoms with Crippen LogP contribution in [0.3, 0.4) is 0 Å². The summed E-state index contributed by atoms with van der Waals surface area (Å²) in [5.41, 5.74) is 0.658. The van der Waals surface area contributed by atoms with E-state index in [0.29, 0.717) is 16.5 Å². The molecule has 8 nitrogen and oxygen atoms in total. The van der Waals surface area contributed by atoms with Crippen molar-refractivity contribution in [3.63, 3.8) is 0 Å². The van der Waals surface area contributed by atoms with E-state index < -0.39 is 16.0 Å². The summed E-state index contributed by atoms with van der Waals surface area (Å²) in [6, 6.07) is 4.03. The quantitative estimate of drug-likeness (QED) is 0.754. The van der Waals surface area contributed by atoms with Crippen LogP contribution in [0.4, 0.5) is 0 Å². The van der Waals surface area contributed by atoms with E-state index in [0.717, 1.165) is 0 Å². The molecular weight excluding hydrogens is 358 g/mol. The third kappa shape index (κ3) is 4.25. The van der Waals surface area contributed by atoms with Crippen LogP contribution in [0.2, 0.25) is 5.02 Å². The molecule has 0 saturated heterocycles. The molecule has 24 heavy (non-hydrogen) atoms. The van der Waals surface area contributed by atoms with Crippen LogP contribution in [0.5, 0.6) is 5.75 Å². The average Bonchev–Trinajstić information content (AvgIpc) is 2.82. The van der Waals surface area contributed by atoms with Gasteiger partial charge in [0, 0.05) is 18.8 Å². The van der Waals surface area contributed by atoms with Gasteiger partial charge in [-0.3, -0.25) is 9.48 Å². The molecule has 0 fully saturated rings. The Morgan fingerprint density at radius 3 is 2.71 bits per heavy atom. The number of hydrogen-bond acceptors (Lipinski definition) is 5. The van der Waals surface area contributed by atoms with Crippen LogP contribution in [0.25, 0.3) is 0 Å². The van der Waals surface area contributed by atoms with Crippen molar-refractivity contribution in [3.8, 4) is 5.75 Å². The van der Waals surface area contributed by atoms with Gasteiger partial charge in [0.2, 0.25) is 10.0 Å². The molecular formula is C14H16ClN3O5S. The highest BCUT2D eigenvalue weighted by Crippen LogP contribution is 2.23. The van der Waals surface area contributed by atoms with Gasteiger partial charge in [0.25, 0.3) is 0 Å². The summed E-state index contributed by atoms with van der Waals surface area (Å²) in [5.74, 6) is -0.778. The molecule has 0 aliphatic carbocycles. The summed E-state index contributed by atoms with van der Waals surface area (Å²) < 4.78 is 33.7. The highest BCUT2D eigenvalue weighted by Gasteiger charge is 2.18. The van der Waals surface area contributed by atoms with Gasteiger partial charge in [0.05, 0.1) is 35.7 Å². The fourth-order valence-corrected chi connectivity index (χ4v) is 3.38. The number of ether oxygens (including phenoxy) is 1. The number of nitrogens with zero attached hydrogens (tertiary/aromatic N) is 2. The summed E-state index contributed by atoms with van der Waals surface area (Å²) in [4.78, 5) is 10.8. The number of carboxylic acid groups (broad SMARTS) is 1. The van der Waals surface area contributed by atoms with Crippen LogP contribution in [-0.2, 0) is 34.8 Å². The van der Waals surface area contributed by atoms with E-state index in [9.17, 15) is 13.2 Å². The first-order valence-corrected chi connectivity index (χ1v) is 8.65. The Morgan fingerprint density at radius 1 is 1.46 bits per heavy atom. The minimum atomic E-state index is -3.86. The zero-order valence-corrected chi connectivity index (χ0v) is 14.6. The van der Waals surface area contributed by atoms with Gasteiger partial charge in [0.1, 0.15) is 5.75 Å². The van der Waals surface area contributed by atoms with Crippen molar-refractivity contribution < 1.29 is 23.1 Å². The number of benzene rings is 1. The van der Waals surface area contributed by atoms with Gasteiger partial charge in [-0.2, -0.15) is 5.10 Å². The van der Waals surface area contributed by atoms with Gasteiger partial charge in [-0.15, -0.1) is 0 Å². The number of hydrogen-bond donors (Lipinski definition) is 2. The monoisotopic (exact) mass is 373 g/mol. The van der Waals surface area contributed by atoms with Crippen LogP contribution in [0, 0.1) is 0 Å². The van der Waals surface area contributed by atoms with Crippen molar-refractivity contribution in [3.05, 3.63) is 40.7 Å². The number of methoxy groups -OCH3 is 1. The molecule has 0 aliphatic heterocycles. The number of aliphatic carboxylic acids is 1. The maximum Gasteiger partial charge on any atom is 0.307 e. The summed E-state index contributed by atoms with van der Waals surface area (Å²) in [7, 11) is -0.798. The third-order valence-corrected chi connectivity index (χ3v) is 4.90. The number of aryl methyl sites for hydroxylation is 1. The molecule has 0 aliphatic rings. The molecule has 2 rings (SSSR count).